The lowest BCUT2D eigenvalue weighted by atomic mass is 10.1. The van der Waals surface area contributed by atoms with Crippen LogP contribution >= 0.6 is 11.8 Å². The monoisotopic (exact) mass is 296 g/mol. The molecule has 0 aromatic carbocycles. The zero-order valence-electron chi connectivity index (χ0n) is 13.4. The van der Waals surface area contributed by atoms with Crippen LogP contribution < -0.4 is 0 Å². The second-order valence-electron chi connectivity index (χ2n) is 5.66. The molecule has 1 aromatic rings. The molecule has 1 heterocycles. The van der Waals surface area contributed by atoms with E-state index in [1.54, 1.807) is 0 Å². The Balaban J connectivity index is 2.22. The summed E-state index contributed by atoms with van der Waals surface area (Å²) in [5, 5.41) is 0.766. The summed E-state index contributed by atoms with van der Waals surface area (Å²) in [5.74, 6) is 1.33. The average Bonchev–Trinajstić information content (AvgIpc) is 2.96. The molecule has 0 aliphatic carbocycles. The zero-order valence-corrected chi connectivity index (χ0v) is 14.2. The summed E-state index contributed by atoms with van der Waals surface area (Å²) >= 11 is 2.18. The largest absolute Gasteiger partial charge is 0.336 e. The van der Waals surface area contributed by atoms with Gasteiger partial charge in [0.05, 0.1) is 6.33 Å². The van der Waals surface area contributed by atoms with Gasteiger partial charge in [-0.25, -0.2) is 4.98 Å². The molecular weight excluding hydrogens is 264 g/mol. The van der Waals surface area contributed by atoms with E-state index in [2.05, 4.69) is 41.4 Å². The molecule has 116 valence electrons. The van der Waals surface area contributed by atoms with Gasteiger partial charge in [0.1, 0.15) is 0 Å². The predicted molar refractivity (Wildman–Crippen MR) is 91.4 cm³/mol. The van der Waals surface area contributed by atoms with Gasteiger partial charge in [0.25, 0.3) is 0 Å². The van der Waals surface area contributed by atoms with Gasteiger partial charge < -0.3 is 4.57 Å². The smallest absolute Gasteiger partial charge is 0.0946 e. The van der Waals surface area contributed by atoms with E-state index in [0.717, 1.165) is 11.8 Å². The van der Waals surface area contributed by atoms with Crippen LogP contribution in [-0.4, -0.2) is 20.6 Å². The number of aromatic nitrogens is 2. The minimum absolute atomic E-state index is 0.766. The Hall–Kier alpha value is -0.440. The van der Waals surface area contributed by atoms with Crippen molar-refractivity contribution in [3.63, 3.8) is 0 Å². The topological polar surface area (TPSA) is 17.8 Å². The Morgan fingerprint density at radius 2 is 1.75 bits per heavy atom. The molecule has 0 aliphatic heterocycles. The fourth-order valence-corrected chi connectivity index (χ4v) is 3.75. The fourth-order valence-electron chi connectivity index (χ4n) is 2.43. The van der Waals surface area contributed by atoms with Gasteiger partial charge in [-0.3, -0.25) is 0 Å². The van der Waals surface area contributed by atoms with Crippen molar-refractivity contribution in [3.05, 3.63) is 18.7 Å². The van der Waals surface area contributed by atoms with Gasteiger partial charge in [-0.15, -0.1) is 0 Å². The van der Waals surface area contributed by atoms with E-state index in [1.165, 1.54) is 63.5 Å². The molecule has 2 nitrogen and oxygen atoms in total. The first-order valence-corrected chi connectivity index (χ1v) is 9.49. The van der Waals surface area contributed by atoms with Gasteiger partial charge in [-0.2, -0.15) is 11.8 Å². The highest BCUT2D eigenvalue weighted by atomic mass is 32.2. The van der Waals surface area contributed by atoms with Crippen LogP contribution in [0, 0.1) is 0 Å². The first-order valence-electron chi connectivity index (χ1n) is 8.44. The third kappa shape index (κ3) is 8.68. The van der Waals surface area contributed by atoms with Crippen LogP contribution in [0.3, 0.4) is 0 Å². The summed E-state index contributed by atoms with van der Waals surface area (Å²) < 4.78 is 2.24. The molecule has 0 radical (unpaired) electrons. The molecule has 1 rings (SSSR count). The summed E-state index contributed by atoms with van der Waals surface area (Å²) in [6.07, 6.45) is 18.3. The Bertz CT molecular complexity index is 298. The molecular formula is C17H32N2S. The van der Waals surface area contributed by atoms with Crippen molar-refractivity contribution in [1.82, 2.24) is 9.55 Å². The van der Waals surface area contributed by atoms with Crippen LogP contribution in [0.25, 0.3) is 0 Å². The summed E-state index contributed by atoms with van der Waals surface area (Å²) in [7, 11) is 0. The van der Waals surface area contributed by atoms with Crippen molar-refractivity contribution in [3.8, 4) is 0 Å². The molecule has 0 fully saturated rings. The minimum atomic E-state index is 0.766. The van der Waals surface area contributed by atoms with Crippen LogP contribution in [0.5, 0.6) is 0 Å². The number of hydrogen-bond acceptors (Lipinski definition) is 2. The van der Waals surface area contributed by atoms with Crippen LogP contribution in [0.4, 0.5) is 0 Å². The van der Waals surface area contributed by atoms with Gasteiger partial charge in [0, 0.05) is 24.2 Å². The average molecular weight is 297 g/mol. The van der Waals surface area contributed by atoms with E-state index in [1.807, 2.05) is 12.5 Å². The summed E-state index contributed by atoms with van der Waals surface area (Å²) in [6.45, 7) is 5.69. The quantitative estimate of drug-likeness (QED) is 0.445. The van der Waals surface area contributed by atoms with E-state index in [-0.39, 0.29) is 0 Å². The fraction of sp³-hybridized carbons (Fsp3) is 0.824. The van der Waals surface area contributed by atoms with Crippen molar-refractivity contribution in [2.45, 2.75) is 83.4 Å². The van der Waals surface area contributed by atoms with Gasteiger partial charge in [0.15, 0.2) is 0 Å². The number of nitrogens with zero attached hydrogens (tertiary/aromatic N) is 2. The predicted octanol–water partition coefficient (Wildman–Crippen LogP) is 5.54. The first-order chi connectivity index (χ1) is 9.86. The molecule has 0 N–H and O–H groups in total. The van der Waals surface area contributed by atoms with E-state index in [4.69, 9.17) is 0 Å². The summed E-state index contributed by atoms with van der Waals surface area (Å²) in [6, 6.07) is 0. The molecule has 0 bridgehead atoms. The second-order valence-corrected chi connectivity index (χ2v) is 7.07. The number of rotatable bonds is 13. The second kappa shape index (κ2) is 12.3. The molecule has 0 saturated carbocycles. The molecule has 3 heteroatoms. The Labute approximate surface area is 129 Å². The highest BCUT2D eigenvalue weighted by molar-refractivity contribution is 7.99. The highest BCUT2D eigenvalue weighted by Gasteiger charge is 2.09. The molecule has 0 spiro atoms. The van der Waals surface area contributed by atoms with Gasteiger partial charge in [0.2, 0.25) is 0 Å². The van der Waals surface area contributed by atoms with Crippen molar-refractivity contribution in [2.75, 3.05) is 5.75 Å². The van der Waals surface area contributed by atoms with Crippen molar-refractivity contribution >= 4 is 11.8 Å². The molecule has 0 saturated heterocycles. The molecule has 20 heavy (non-hydrogen) atoms. The van der Waals surface area contributed by atoms with Crippen LogP contribution in [0.2, 0.25) is 0 Å². The third-order valence-corrected chi connectivity index (χ3v) is 5.09. The van der Waals surface area contributed by atoms with Crippen LogP contribution in [-0.2, 0) is 6.54 Å². The summed E-state index contributed by atoms with van der Waals surface area (Å²) in [5.41, 5.74) is 0. The SMILES string of the molecule is CCCCCCSC(CCCCCC)Cn1ccnc1. The molecule has 0 aliphatic rings. The molecule has 1 unspecified atom stereocenters. The van der Waals surface area contributed by atoms with E-state index < -0.39 is 0 Å². The van der Waals surface area contributed by atoms with E-state index in [0.29, 0.717) is 0 Å². The molecule has 1 atom stereocenters. The normalized spacial score (nSPS) is 12.7. The van der Waals surface area contributed by atoms with Gasteiger partial charge >= 0.3 is 0 Å². The third-order valence-electron chi connectivity index (χ3n) is 3.70. The first kappa shape index (κ1) is 17.6. The lowest BCUT2D eigenvalue weighted by Gasteiger charge is -2.17. The number of imidazole rings is 1. The Morgan fingerprint density at radius 3 is 2.40 bits per heavy atom. The standard InChI is InChI=1S/C17H32N2S/c1-3-5-7-9-11-17(15-19-13-12-18-16-19)20-14-10-8-6-4-2/h12-13,16-17H,3-11,14-15H2,1-2H3. The maximum Gasteiger partial charge on any atom is 0.0946 e. The van der Waals surface area contributed by atoms with Crippen molar-refractivity contribution in [2.24, 2.45) is 0 Å². The minimum Gasteiger partial charge on any atom is -0.336 e. The zero-order chi connectivity index (χ0) is 14.5. The number of thioether (sulfide) groups is 1. The Kier molecular flexibility index (Phi) is 10.8. The molecule has 0 amide bonds. The van der Waals surface area contributed by atoms with E-state index in [9.17, 15) is 0 Å². The maximum absolute atomic E-state index is 4.16. The number of hydrogen-bond donors (Lipinski definition) is 0. The van der Waals surface area contributed by atoms with Gasteiger partial charge in [-0.05, 0) is 18.6 Å². The highest BCUT2D eigenvalue weighted by Crippen LogP contribution is 2.22. The molecule has 1 aromatic heterocycles. The van der Waals surface area contributed by atoms with Gasteiger partial charge in [-0.1, -0.05) is 58.8 Å². The van der Waals surface area contributed by atoms with Crippen molar-refractivity contribution < 1.29 is 0 Å². The lowest BCUT2D eigenvalue weighted by molar-refractivity contribution is 0.568. The summed E-state index contributed by atoms with van der Waals surface area (Å²) in [4.78, 5) is 4.16. The van der Waals surface area contributed by atoms with E-state index >= 15 is 0 Å². The van der Waals surface area contributed by atoms with Crippen LogP contribution in [0.1, 0.15) is 71.6 Å². The number of unbranched alkanes of at least 4 members (excludes halogenated alkanes) is 6. The maximum atomic E-state index is 4.16. The lowest BCUT2D eigenvalue weighted by Crippen LogP contribution is -2.13. The van der Waals surface area contributed by atoms with Crippen LogP contribution in [0.15, 0.2) is 18.7 Å². The van der Waals surface area contributed by atoms with Crippen molar-refractivity contribution in [1.29, 1.82) is 0 Å². The Morgan fingerprint density at radius 1 is 1.00 bits per heavy atom.